The third-order valence-electron chi connectivity index (χ3n) is 15.4. The van der Waals surface area contributed by atoms with E-state index < -0.39 is 6.10 Å². The fourth-order valence-electron chi connectivity index (χ4n) is 10.2. The van der Waals surface area contributed by atoms with Gasteiger partial charge in [0, 0.05) is 19.3 Å². The van der Waals surface area contributed by atoms with Crippen molar-refractivity contribution in [3.63, 3.8) is 0 Å². The van der Waals surface area contributed by atoms with E-state index in [2.05, 4.69) is 93.7 Å². The van der Waals surface area contributed by atoms with Gasteiger partial charge >= 0.3 is 17.9 Å². The lowest BCUT2D eigenvalue weighted by atomic mass is 10.0. The summed E-state index contributed by atoms with van der Waals surface area (Å²) in [6, 6.07) is 0. The fourth-order valence-corrected chi connectivity index (χ4v) is 10.2. The fraction of sp³-hybridized carbons (Fsp3) is 0.797. The molecule has 6 nitrogen and oxygen atoms in total. The summed E-state index contributed by atoms with van der Waals surface area (Å²) in [5.74, 6) is -0.865. The van der Waals surface area contributed by atoms with Gasteiger partial charge in [0.1, 0.15) is 13.2 Å². The van der Waals surface area contributed by atoms with Gasteiger partial charge in [-0.3, -0.25) is 14.4 Å². The number of unbranched alkanes of at least 4 members (excludes halogenated alkanes) is 41. The summed E-state index contributed by atoms with van der Waals surface area (Å²) in [5, 5.41) is 0. The standard InChI is InChI=1S/C74H132O6/c1-4-7-10-13-16-19-22-25-28-31-33-34-35-36-37-38-39-40-41-44-46-49-52-55-58-61-64-67-73(76)79-70-71(69-78-72(75)66-63-60-57-54-51-48-45-42-30-27-24-21-18-15-12-9-6-3)80-74(77)68-65-62-59-56-53-50-47-43-32-29-26-23-20-17-14-11-8-5-2/h9,12,18,21-22,25,27,30-31,33,35-36,71H,4-8,10-11,13-17,19-20,23-24,26,28-29,32,34,37-70H2,1-3H3/b12-9-,21-18-,25-22-,30-27-,33-31-,36-35-. The number of carbonyl (C=O) groups excluding carboxylic acids is 3. The Balaban J connectivity index is 4.30. The van der Waals surface area contributed by atoms with E-state index in [0.717, 1.165) is 96.3 Å². The van der Waals surface area contributed by atoms with Crippen molar-refractivity contribution in [2.24, 2.45) is 0 Å². The number of carbonyl (C=O) groups is 3. The van der Waals surface area contributed by atoms with Crippen LogP contribution < -0.4 is 0 Å². The molecule has 0 aromatic heterocycles. The molecule has 0 fully saturated rings. The zero-order valence-corrected chi connectivity index (χ0v) is 53.3. The normalized spacial score (nSPS) is 12.5. The monoisotopic (exact) mass is 1120 g/mol. The van der Waals surface area contributed by atoms with Crippen molar-refractivity contribution in [1.29, 1.82) is 0 Å². The summed E-state index contributed by atoms with van der Waals surface area (Å²) in [6.45, 7) is 6.57. The second kappa shape index (κ2) is 68.3. The van der Waals surface area contributed by atoms with Gasteiger partial charge in [0.2, 0.25) is 0 Å². The molecular weight excluding hydrogens is 985 g/mol. The largest absolute Gasteiger partial charge is 0.462 e. The highest BCUT2D eigenvalue weighted by molar-refractivity contribution is 5.71. The van der Waals surface area contributed by atoms with Crippen molar-refractivity contribution in [1.82, 2.24) is 0 Å². The summed E-state index contributed by atoms with van der Waals surface area (Å²) >= 11 is 0. The molecule has 464 valence electrons. The van der Waals surface area contributed by atoms with Crippen LogP contribution in [0.3, 0.4) is 0 Å². The minimum atomic E-state index is -0.780. The molecule has 0 radical (unpaired) electrons. The first kappa shape index (κ1) is 76.9. The van der Waals surface area contributed by atoms with Crippen molar-refractivity contribution in [2.45, 2.75) is 367 Å². The van der Waals surface area contributed by atoms with E-state index in [-0.39, 0.29) is 31.1 Å². The second-order valence-electron chi connectivity index (χ2n) is 23.4. The van der Waals surface area contributed by atoms with Crippen LogP contribution in [0.4, 0.5) is 0 Å². The Morgan fingerprint density at radius 1 is 0.263 bits per heavy atom. The lowest BCUT2D eigenvalue weighted by molar-refractivity contribution is -0.167. The number of ether oxygens (including phenoxy) is 3. The topological polar surface area (TPSA) is 78.9 Å². The maximum absolute atomic E-state index is 12.9. The second-order valence-corrected chi connectivity index (χ2v) is 23.4. The number of esters is 3. The molecule has 0 N–H and O–H groups in total. The molecule has 0 aromatic carbocycles. The summed E-state index contributed by atoms with van der Waals surface area (Å²) in [6.07, 6.45) is 89.2. The minimum absolute atomic E-state index is 0.0759. The lowest BCUT2D eigenvalue weighted by Gasteiger charge is -2.18. The Bertz CT molecular complexity index is 1470. The molecule has 1 unspecified atom stereocenters. The Kier molecular flexibility index (Phi) is 65.7. The van der Waals surface area contributed by atoms with Crippen molar-refractivity contribution >= 4 is 17.9 Å². The van der Waals surface area contributed by atoms with Crippen molar-refractivity contribution in [3.05, 3.63) is 72.9 Å². The minimum Gasteiger partial charge on any atom is -0.462 e. The first-order valence-electron chi connectivity index (χ1n) is 34.9. The van der Waals surface area contributed by atoms with Gasteiger partial charge in [0.25, 0.3) is 0 Å². The van der Waals surface area contributed by atoms with Crippen LogP contribution in [0.5, 0.6) is 0 Å². The SMILES string of the molecule is CC/C=C\C/C=C\C/C=C\CCCCCCCCCC(=O)OCC(COC(=O)CCCCCCCCCCCCCC/C=C\C/C=C\C/C=C\CCCCCCC)OC(=O)CCCCCCCCCCCCCCCCCCCC. The van der Waals surface area contributed by atoms with E-state index in [9.17, 15) is 14.4 Å². The molecule has 1 atom stereocenters. The Hall–Kier alpha value is -3.15. The average molecular weight is 1120 g/mol. The highest BCUT2D eigenvalue weighted by Gasteiger charge is 2.19. The van der Waals surface area contributed by atoms with Gasteiger partial charge in [-0.15, -0.1) is 0 Å². The lowest BCUT2D eigenvalue weighted by Crippen LogP contribution is -2.30. The molecule has 0 aliphatic rings. The van der Waals surface area contributed by atoms with E-state index in [0.29, 0.717) is 19.3 Å². The molecule has 0 saturated heterocycles. The van der Waals surface area contributed by atoms with Gasteiger partial charge in [-0.05, 0) is 89.9 Å². The highest BCUT2D eigenvalue weighted by atomic mass is 16.6. The smallest absolute Gasteiger partial charge is 0.306 e. The molecule has 0 aliphatic carbocycles. The molecule has 0 heterocycles. The zero-order chi connectivity index (χ0) is 57.8. The Morgan fingerprint density at radius 2 is 0.487 bits per heavy atom. The van der Waals surface area contributed by atoms with Crippen LogP contribution in [0.1, 0.15) is 361 Å². The van der Waals surface area contributed by atoms with E-state index in [4.69, 9.17) is 14.2 Å². The quantitative estimate of drug-likeness (QED) is 0.0261. The van der Waals surface area contributed by atoms with Crippen LogP contribution in [0, 0.1) is 0 Å². The van der Waals surface area contributed by atoms with Crippen LogP contribution in [-0.2, 0) is 28.6 Å². The maximum Gasteiger partial charge on any atom is 0.306 e. The average Bonchev–Trinajstić information content (AvgIpc) is 3.46. The van der Waals surface area contributed by atoms with E-state index >= 15 is 0 Å². The van der Waals surface area contributed by atoms with Crippen molar-refractivity contribution in [3.8, 4) is 0 Å². The van der Waals surface area contributed by atoms with E-state index in [1.807, 2.05) is 0 Å². The van der Waals surface area contributed by atoms with Gasteiger partial charge in [-0.1, -0.05) is 325 Å². The number of hydrogen-bond donors (Lipinski definition) is 0. The summed E-state index contributed by atoms with van der Waals surface area (Å²) < 4.78 is 17.0. The summed E-state index contributed by atoms with van der Waals surface area (Å²) in [5.41, 5.74) is 0. The Labute approximate surface area is 497 Å². The molecule has 0 bridgehead atoms. The van der Waals surface area contributed by atoms with Gasteiger partial charge in [0.05, 0.1) is 0 Å². The van der Waals surface area contributed by atoms with Crippen molar-refractivity contribution < 1.29 is 28.6 Å². The van der Waals surface area contributed by atoms with Gasteiger partial charge in [-0.25, -0.2) is 0 Å². The first-order valence-corrected chi connectivity index (χ1v) is 34.9. The molecule has 0 saturated carbocycles. The predicted molar refractivity (Wildman–Crippen MR) is 348 cm³/mol. The van der Waals surface area contributed by atoms with Crippen LogP contribution in [0.15, 0.2) is 72.9 Å². The molecule has 6 heteroatoms. The number of allylic oxidation sites excluding steroid dienone is 12. The van der Waals surface area contributed by atoms with Crippen LogP contribution in [0.2, 0.25) is 0 Å². The highest BCUT2D eigenvalue weighted by Crippen LogP contribution is 2.18. The molecule has 0 amide bonds. The summed E-state index contributed by atoms with van der Waals surface area (Å²) in [4.78, 5) is 38.4. The van der Waals surface area contributed by atoms with Crippen molar-refractivity contribution in [2.75, 3.05) is 13.2 Å². The molecule has 0 rings (SSSR count). The van der Waals surface area contributed by atoms with Crippen LogP contribution in [-0.4, -0.2) is 37.2 Å². The van der Waals surface area contributed by atoms with Gasteiger partial charge in [-0.2, -0.15) is 0 Å². The van der Waals surface area contributed by atoms with Gasteiger partial charge in [0.15, 0.2) is 6.10 Å². The van der Waals surface area contributed by atoms with E-state index in [1.54, 1.807) is 0 Å². The Morgan fingerprint density at radius 3 is 0.762 bits per heavy atom. The number of rotatable bonds is 64. The van der Waals surface area contributed by atoms with E-state index in [1.165, 1.54) is 225 Å². The first-order chi connectivity index (χ1) is 39.5. The summed E-state index contributed by atoms with van der Waals surface area (Å²) in [7, 11) is 0. The molecular formula is C74H132O6. The third-order valence-corrected chi connectivity index (χ3v) is 15.4. The third kappa shape index (κ3) is 65.7. The molecule has 0 aliphatic heterocycles. The van der Waals surface area contributed by atoms with Crippen LogP contribution in [0.25, 0.3) is 0 Å². The van der Waals surface area contributed by atoms with Gasteiger partial charge < -0.3 is 14.2 Å². The maximum atomic E-state index is 12.9. The predicted octanol–water partition coefficient (Wildman–Crippen LogP) is 24.1. The zero-order valence-electron chi connectivity index (χ0n) is 53.3. The molecule has 0 aromatic rings. The molecule has 80 heavy (non-hydrogen) atoms. The molecule has 0 spiro atoms. The van der Waals surface area contributed by atoms with Crippen LogP contribution >= 0.6 is 0 Å². The number of hydrogen-bond acceptors (Lipinski definition) is 6.